The van der Waals surface area contributed by atoms with E-state index in [4.69, 9.17) is 27.9 Å². The molecule has 7 heteroatoms. The quantitative estimate of drug-likeness (QED) is 0.501. The topological polar surface area (TPSA) is 46.6 Å². The molecule has 142 valence electrons. The summed E-state index contributed by atoms with van der Waals surface area (Å²) in [4.78, 5) is 25.3. The third-order valence-electron chi connectivity index (χ3n) is 4.68. The minimum atomic E-state index is -0.541. The molecule has 1 amide bonds. The van der Waals surface area contributed by atoms with E-state index in [2.05, 4.69) is 0 Å². The van der Waals surface area contributed by atoms with Gasteiger partial charge in [-0.05, 0) is 46.7 Å². The fourth-order valence-electron chi connectivity index (χ4n) is 3.16. The van der Waals surface area contributed by atoms with Crippen LogP contribution in [0, 0.1) is 0 Å². The standard InChI is InChI=1S/C21H15Cl2NO3S/c1-24-19(20(25)28-21(24)26)14-6-5-13-10-15(8-7-12(13)9-14)27-11-16-17(22)3-2-4-18(16)23/h2-10,19H,11H2,1H3. The lowest BCUT2D eigenvalue weighted by atomic mass is 10.0. The zero-order chi connectivity index (χ0) is 19.8. The van der Waals surface area contributed by atoms with Gasteiger partial charge in [0.25, 0.3) is 5.24 Å². The zero-order valence-electron chi connectivity index (χ0n) is 14.8. The average Bonchev–Trinajstić information content (AvgIpc) is 2.92. The molecule has 1 unspecified atom stereocenters. The molecule has 1 saturated heterocycles. The predicted octanol–water partition coefficient (Wildman–Crippen LogP) is 6.09. The molecule has 1 aliphatic heterocycles. The molecule has 4 rings (SSSR count). The summed E-state index contributed by atoms with van der Waals surface area (Å²) in [6, 6.07) is 16.2. The summed E-state index contributed by atoms with van der Waals surface area (Å²) >= 11 is 13.1. The molecule has 1 atom stereocenters. The van der Waals surface area contributed by atoms with E-state index < -0.39 is 6.04 Å². The van der Waals surface area contributed by atoms with E-state index in [0.29, 0.717) is 15.8 Å². The van der Waals surface area contributed by atoms with Crippen molar-refractivity contribution in [2.75, 3.05) is 7.05 Å². The van der Waals surface area contributed by atoms with E-state index in [1.54, 1.807) is 25.2 Å². The van der Waals surface area contributed by atoms with Gasteiger partial charge in [-0.3, -0.25) is 9.59 Å². The lowest BCUT2D eigenvalue weighted by Gasteiger charge is -2.18. The Morgan fingerprint density at radius 1 is 1.00 bits per heavy atom. The molecule has 28 heavy (non-hydrogen) atoms. The van der Waals surface area contributed by atoms with Crippen LogP contribution in [0.2, 0.25) is 10.0 Å². The second-order valence-corrected chi connectivity index (χ2v) is 8.23. The number of carbonyl (C=O) groups excluding carboxylic acids is 2. The smallest absolute Gasteiger partial charge is 0.289 e. The Hall–Kier alpha value is -2.21. The van der Waals surface area contributed by atoms with Gasteiger partial charge in [0.15, 0.2) is 0 Å². The highest BCUT2D eigenvalue weighted by Gasteiger charge is 2.38. The first-order valence-corrected chi connectivity index (χ1v) is 10.1. The maximum atomic E-state index is 12.1. The van der Waals surface area contributed by atoms with Gasteiger partial charge in [0, 0.05) is 34.4 Å². The van der Waals surface area contributed by atoms with Gasteiger partial charge in [0.2, 0.25) is 5.12 Å². The molecule has 1 aliphatic rings. The number of rotatable bonds is 4. The van der Waals surface area contributed by atoms with Crippen molar-refractivity contribution in [1.82, 2.24) is 4.90 Å². The lowest BCUT2D eigenvalue weighted by Crippen LogP contribution is -2.23. The molecule has 1 heterocycles. The van der Waals surface area contributed by atoms with Crippen LogP contribution in [-0.2, 0) is 11.4 Å². The Balaban J connectivity index is 1.57. The van der Waals surface area contributed by atoms with E-state index in [1.807, 2.05) is 36.4 Å². The van der Waals surface area contributed by atoms with Crippen LogP contribution in [0.25, 0.3) is 10.8 Å². The fraction of sp³-hybridized carbons (Fsp3) is 0.143. The minimum absolute atomic E-state index is 0.150. The average molecular weight is 432 g/mol. The van der Waals surface area contributed by atoms with Gasteiger partial charge in [-0.1, -0.05) is 47.5 Å². The maximum Gasteiger partial charge on any atom is 0.289 e. The molecular formula is C21H15Cl2NO3S. The van der Waals surface area contributed by atoms with Crippen LogP contribution in [0.4, 0.5) is 4.79 Å². The van der Waals surface area contributed by atoms with Gasteiger partial charge in [0.1, 0.15) is 18.4 Å². The highest BCUT2D eigenvalue weighted by atomic mass is 35.5. The predicted molar refractivity (Wildman–Crippen MR) is 113 cm³/mol. The number of fused-ring (bicyclic) bond motifs is 1. The highest BCUT2D eigenvalue weighted by molar-refractivity contribution is 8.26. The van der Waals surface area contributed by atoms with Crippen LogP contribution in [0.1, 0.15) is 17.2 Å². The summed E-state index contributed by atoms with van der Waals surface area (Å²) in [7, 11) is 1.64. The second-order valence-electron chi connectivity index (χ2n) is 6.46. The number of ether oxygens (including phenoxy) is 1. The monoisotopic (exact) mass is 431 g/mol. The van der Waals surface area contributed by atoms with Gasteiger partial charge in [-0.25, -0.2) is 0 Å². The molecule has 0 N–H and O–H groups in total. The Kier molecular flexibility index (Phi) is 5.23. The van der Waals surface area contributed by atoms with Crippen molar-refractivity contribution in [1.29, 1.82) is 0 Å². The number of thioether (sulfide) groups is 1. The number of hydrogen-bond donors (Lipinski definition) is 0. The first kappa shape index (κ1) is 19.1. The van der Waals surface area contributed by atoms with Gasteiger partial charge < -0.3 is 9.64 Å². The molecule has 3 aromatic rings. The van der Waals surface area contributed by atoms with Crippen LogP contribution in [0.5, 0.6) is 5.75 Å². The molecule has 0 aromatic heterocycles. The molecule has 0 radical (unpaired) electrons. The van der Waals surface area contributed by atoms with Crippen LogP contribution >= 0.6 is 35.0 Å². The van der Waals surface area contributed by atoms with E-state index in [1.165, 1.54) is 4.90 Å². The van der Waals surface area contributed by atoms with Crippen LogP contribution < -0.4 is 4.74 Å². The third kappa shape index (κ3) is 3.58. The highest BCUT2D eigenvalue weighted by Crippen LogP contribution is 2.36. The molecule has 0 bridgehead atoms. The zero-order valence-corrected chi connectivity index (χ0v) is 17.1. The molecule has 4 nitrogen and oxygen atoms in total. The van der Waals surface area contributed by atoms with Gasteiger partial charge >= 0.3 is 0 Å². The number of amides is 1. The van der Waals surface area contributed by atoms with Crippen molar-refractivity contribution >= 4 is 56.1 Å². The van der Waals surface area contributed by atoms with Crippen molar-refractivity contribution in [2.24, 2.45) is 0 Å². The van der Waals surface area contributed by atoms with Crippen molar-refractivity contribution in [3.8, 4) is 5.75 Å². The lowest BCUT2D eigenvalue weighted by molar-refractivity contribution is -0.113. The van der Waals surface area contributed by atoms with Crippen LogP contribution in [-0.4, -0.2) is 22.3 Å². The second kappa shape index (κ2) is 7.66. The number of carbonyl (C=O) groups is 2. The molecule has 0 aliphatic carbocycles. The van der Waals surface area contributed by atoms with Crippen LogP contribution in [0.3, 0.4) is 0 Å². The molecule has 0 saturated carbocycles. The summed E-state index contributed by atoms with van der Waals surface area (Å²) < 4.78 is 5.86. The molecule has 1 fully saturated rings. The summed E-state index contributed by atoms with van der Waals surface area (Å²) in [5, 5.41) is 2.69. The number of benzene rings is 3. The molecule has 0 spiro atoms. The Morgan fingerprint density at radius 2 is 1.68 bits per heavy atom. The first-order chi connectivity index (χ1) is 13.4. The first-order valence-electron chi connectivity index (χ1n) is 8.52. The SMILES string of the molecule is CN1C(=O)SC(=O)C1c1ccc2cc(OCc3c(Cl)cccc3Cl)ccc2c1. The fourth-order valence-corrected chi connectivity index (χ4v) is 4.50. The van der Waals surface area contributed by atoms with Gasteiger partial charge in [0.05, 0.1) is 0 Å². The number of nitrogens with zero attached hydrogens (tertiary/aromatic N) is 1. The summed E-state index contributed by atoms with van der Waals surface area (Å²) in [5.41, 5.74) is 1.54. The Morgan fingerprint density at radius 3 is 2.36 bits per heavy atom. The summed E-state index contributed by atoms with van der Waals surface area (Å²) in [6.07, 6.45) is 0. The van der Waals surface area contributed by atoms with Crippen molar-refractivity contribution in [3.05, 3.63) is 75.8 Å². The third-order valence-corrected chi connectivity index (χ3v) is 6.28. The van der Waals surface area contributed by atoms with E-state index in [9.17, 15) is 9.59 Å². The normalized spacial score (nSPS) is 16.8. The van der Waals surface area contributed by atoms with E-state index in [-0.39, 0.29) is 17.0 Å². The van der Waals surface area contributed by atoms with Gasteiger partial charge in [-0.15, -0.1) is 0 Å². The Labute approximate surface area is 176 Å². The van der Waals surface area contributed by atoms with Crippen LogP contribution in [0.15, 0.2) is 54.6 Å². The van der Waals surface area contributed by atoms with E-state index >= 15 is 0 Å². The van der Waals surface area contributed by atoms with Crippen molar-refractivity contribution < 1.29 is 14.3 Å². The number of likely N-dealkylation sites (N-methyl/N-ethyl adjacent to an activating group) is 1. The van der Waals surface area contributed by atoms with Crippen molar-refractivity contribution in [2.45, 2.75) is 12.6 Å². The Bertz CT molecular complexity index is 1080. The number of halogens is 2. The molecular weight excluding hydrogens is 417 g/mol. The largest absolute Gasteiger partial charge is 0.489 e. The molecule has 3 aromatic carbocycles. The van der Waals surface area contributed by atoms with E-state index in [0.717, 1.165) is 33.7 Å². The minimum Gasteiger partial charge on any atom is -0.489 e. The van der Waals surface area contributed by atoms with Crippen molar-refractivity contribution in [3.63, 3.8) is 0 Å². The summed E-state index contributed by atoms with van der Waals surface area (Å²) in [6.45, 7) is 0.267. The maximum absolute atomic E-state index is 12.1. The number of hydrogen-bond acceptors (Lipinski definition) is 4. The van der Waals surface area contributed by atoms with Gasteiger partial charge in [-0.2, -0.15) is 0 Å². The summed E-state index contributed by atoms with van der Waals surface area (Å²) in [5.74, 6) is 0.691.